The predicted octanol–water partition coefficient (Wildman–Crippen LogP) is 3.04. The smallest absolute Gasteiger partial charge is 0.258 e. The average Bonchev–Trinajstić information content (AvgIpc) is 2.81. The zero-order valence-corrected chi connectivity index (χ0v) is 18.2. The molecule has 0 atom stereocenters. The summed E-state index contributed by atoms with van der Waals surface area (Å²) < 4.78 is 5.36. The molecular formula is C25H31N3O3. The highest BCUT2D eigenvalue weighted by atomic mass is 16.5. The zero-order valence-electron chi connectivity index (χ0n) is 18.2. The van der Waals surface area contributed by atoms with Crippen molar-refractivity contribution < 1.29 is 14.3 Å². The first-order valence-electron chi connectivity index (χ1n) is 11.2. The van der Waals surface area contributed by atoms with Crippen LogP contribution in [0.5, 0.6) is 0 Å². The quantitative estimate of drug-likeness (QED) is 0.729. The number of anilines is 1. The van der Waals surface area contributed by atoms with Gasteiger partial charge in [-0.15, -0.1) is 0 Å². The van der Waals surface area contributed by atoms with Crippen molar-refractivity contribution in [1.29, 1.82) is 0 Å². The zero-order chi connectivity index (χ0) is 21.6. The maximum atomic E-state index is 13.1. The molecule has 164 valence electrons. The van der Waals surface area contributed by atoms with Crippen molar-refractivity contribution in [3.63, 3.8) is 0 Å². The number of hydrogen-bond donors (Lipinski definition) is 1. The summed E-state index contributed by atoms with van der Waals surface area (Å²) >= 11 is 0. The first-order valence-corrected chi connectivity index (χ1v) is 11.2. The van der Waals surface area contributed by atoms with Gasteiger partial charge in [-0.3, -0.25) is 14.5 Å². The number of rotatable bonds is 6. The fourth-order valence-corrected chi connectivity index (χ4v) is 4.31. The maximum Gasteiger partial charge on any atom is 0.258 e. The van der Waals surface area contributed by atoms with Crippen LogP contribution in [0.1, 0.15) is 44.7 Å². The molecule has 2 aromatic rings. The molecule has 6 heteroatoms. The summed E-state index contributed by atoms with van der Waals surface area (Å²) in [7, 11) is 0. The summed E-state index contributed by atoms with van der Waals surface area (Å²) in [6.07, 6.45) is 2.70. The number of fused-ring (bicyclic) bond motifs is 1. The maximum absolute atomic E-state index is 13.1. The van der Waals surface area contributed by atoms with Gasteiger partial charge in [-0.2, -0.15) is 0 Å². The van der Waals surface area contributed by atoms with Crippen molar-refractivity contribution in [2.75, 3.05) is 50.8 Å². The Balaban J connectivity index is 1.37. The van der Waals surface area contributed by atoms with Crippen molar-refractivity contribution in [2.45, 2.75) is 26.2 Å². The highest BCUT2D eigenvalue weighted by Crippen LogP contribution is 2.29. The molecule has 2 aliphatic heterocycles. The van der Waals surface area contributed by atoms with Crippen LogP contribution in [0.3, 0.4) is 0 Å². The third-order valence-electron chi connectivity index (χ3n) is 6.01. The number of nitrogens with one attached hydrogen (secondary N) is 1. The van der Waals surface area contributed by atoms with Gasteiger partial charge in [0.1, 0.15) is 0 Å². The van der Waals surface area contributed by atoms with E-state index in [9.17, 15) is 9.59 Å². The molecule has 0 spiro atoms. The monoisotopic (exact) mass is 421 g/mol. The van der Waals surface area contributed by atoms with Crippen molar-refractivity contribution in [3.8, 4) is 0 Å². The van der Waals surface area contributed by atoms with E-state index in [2.05, 4.69) is 10.2 Å². The SMILES string of the molecule is Cc1cccc(C(=O)N2CCCc3cc(C(=O)NCCCN4CCOCC4)ccc32)c1. The summed E-state index contributed by atoms with van der Waals surface area (Å²) in [5.41, 5.74) is 4.42. The van der Waals surface area contributed by atoms with E-state index in [1.807, 2.05) is 54.3 Å². The Morgan fingerprint density at radius 2 is 1.87 bits per heavy atom. The molecule has 2 heterocycles. The predicted molar refractivity (Wildman–Crippen MR) is 122 cm³/mol. The summed E-state index contributed by atoms with van der Waals surface area (Å²) in [6.45, 7) is 7.86. The van der Waals surface area contributed by atoms with Gasteiger partial charge in [-0.05, 0) is 68.6 Å². The van der Waals surface area contributed by atoms with E-state index in [1.165, 1.54) is 0 Å². The van der Waals surface area contributed by atoms with Crippen LogP contribution in [-0.2, 0) is 11.2 Å². The first-order chi connectivity index (χ1) is 15.1. The molecule has 31 heavy (non-hydrogen) atoms. The fourth-order valence-electron chi connectivity index (χ4n) is 4.31. The summed E-state index contributed by atoms with van der Waals surface area (Å²) in [5.74, 6) is -0.0307. The third-order valence-corrected chi connectivity index (χ3v) is 6.01. The number of hydrogen-bond acceptors (Lipinski definition) is 4. The van der Waals surface area contributed by atoms with Gasteiger partial charge in [0.15, 0.2) is 0 Å². The Morgan fingerprint density at radius 3 is 2.68 bits per heavy atom. The Labute approximate surface area is 184 Å². The number of benzene rings is 2. The Bertz CT molecular complexity index is 937. The number of nitrogens with zero attached hydrogens (tertiary/aromatic N) is 2. The molecule has 2 aromatic carbocycles. The highest BCUT2D eigenvalue weighted by Gasteiger charge is 2.24. The van der Waals surface area contributed by atoms with E-state index < -0.39 is 0 Å². The van der Waals surface area contributed by atoms with Gasteiger partial charge < -0.3 is 15.0 Å². The van der Waals surface area contributed by atoms with Gasteiger partial charge in [0.05, 0.1) is 13.2 Å². The number of morpholine rings is 1. The molecule has 0 unspecified atom stereocenters. The lowest BCUT2D eigenvalue weighted by Gasteiger charge is -2.30. The molecular weight excluding hydrogens is 390 g/mol. The van der Waals surface area contributed by atoms with Crippen LogP contribution in [-0.4, -0.2) is 62.7 Å². The van der Waals surface area contributed by atoms with Crippen molar-refractivity contribution in [2.24, 2.45) is 0 Å². The molecule has 2 aliphatic rings. The molecule has 4 rings (SSSR count). The normalized spacial score (nSPS) is 16.6. The van der Waals surface area contributed by atoms with E-state index in [4.69, 9.17) is 4.74 Å². The molecule has 0 bridgehead atoms. The summed E-state index contributed by atoms with van der Waals surface area (Å²) in [5, 5.41) is 3.03. The summed E-state index contributed by atoms with van der Waals surface area (Å²) in [4.78, 5) is 29.9. The number of ether oxygens (including phenoxy) is 1. The lowest BCUT2D eigenvalue weighted by molar-refractivity contribution is 0.0374. The van der Waals surface area contributed by atoms with Crippen LogP contribution < -0.4 is 10.2 Å². The third kappa shape index (κ3) is 5.32. The molecule has 1 N–H and O–H groups in total. The van der Waals surface area contributed by atoms with Crippen LogP contribution in [0, 0.1) is 6.92 Å². The number of amides is 2. The van der Waals surface area contributed by atoms with Crippen LogP contribution >= 0.6 is 0 Å². The molecule has 0 radical (unpaired) electrons. The lowest BCUT2D eigenvalue weighted by atomic mass is 9.98. The minimum absolute atomic E-state index is 0.0185. The fraction of sp³-hybridized carbons (Fsp3) is 0.440. The molecule has 1 saturated heterocycles. The van der Waals surface area contributed by atoms with E-state index in [1.54, 1.807) is 0 Å². The molecule has 1 fully saturated rings. The van der Waals surface area contributed by atoms with Crippen molar-refractivity contribution in [3.05, 3.63) is 64.7 Å². The molecule has 2 amide bonds. The minimum atomic E-state index is -0.0492. The average molecular weight is 422 g/mol. The molecule has 0 saturated carbocycles. The minimum Gasteiger partial charge on any atom is -0.379 e. The van der Waals surface area contributed by atoms with E-state index in [0.717, 1.165) is 68.9 Å². The molecule has 0 aliphatic carbocycles. The van der Waals surface area contributed by atoms with Gasteiger partial charge in [0, 0.05) is 43.0 Å². The van der Waals surface area contributed by atoms with Crippen LogP contribution in [0.25, 0.3) is 0 Å². The Kier molecular flexibility index (Phi) is 6.99. The van der Waals surface area contributed by atoms with E-state index >= 15 is 0 Å². The highest BCUT2D eigenvalue weighted by molar-refractivity contribution is 6.07. The number of aryl methyl sites for hydroxylation is 2. The van der Waals surface area contributed by atoms with E-state index in [-0.39, 0.29) is 11.8 Å². The Hall–Kier alpha value is -2.70. The first kappa shape index (κ1) is 21.5. The molecule has 0 aromatic heterocycles. The number of carbonyl (C=O) groups is 2. The van der Waals surface area contributed by atoms with Gasteiger partial charge in [-0.25, -0.2) is 0 Å². The van der Waals surface area contributed by atoms with Crippen molar-refractivity contribution >= 4 is 17.5 Å². The van der Waals surface area contributed by atoms with Gasteiger partial charge >= 0.3 is 0 Å². The lowest BCUT2D eigenvalue weighted by Crippen LogP contribution is -2.38. The second-order valence-corrected chi connectivity index (χ2v) is 8.34. The topological polar surface area (TPSA) is 61.9 Å². The largest absolute Gasteiger partial charge is 0.379 e. The van der Waals surface area contributed by atoms with E-state index in [0.29, 0.717) is 24.2 Å². The van der Waals surface area contributed by atoms with Gasteiger partial charge in [0.25, 0.3) is 11.8 Å². The van der Waals surface area contributed by atoms with Crippen LogP contribution in [0.15, 0.2) is 42.5 Å². The Morgan fingerprint density at radius 1 is 1.03 bits per heavy atom. The van der Waals surface area contributed by atoms with Gasteiger partial charge in [-0.1, -0.05) is 17.7 Å². The number of carbonyl (C=O) groups excluding carboxylic acids is 2. The second-order valence-electron chi connectivity index (χ2n) is 8.34. The van der Waals surface area contributed by atoms with Crippen LogP contribution in [0.4, 0.5) is 5.69 Å². The van der Waals surface area contributed by atoms with Crippen molar-refractivity contribution in [1.82, 2.24) is 10.2 Å². The van der Waals surface area contributed by atoms with Gasteiger partial charge in [0.2, 0.25) is 0 Å². The summed E-state index contributed by atoms with van der Waals surface area (Å²) in [6, 6.07) is 13.4. The standard InChI is InChI=1S/C25H31N3O3/c1-19-5-2-6-22(17-19)25(30)28-12-3-7-20-18-21(8-9-23(20)28)24(29)26-10-4-11-27-13-15-31-16-14-27/h2,5-6,8-9,17-18H,3-4,7,10-16H2,1H3,(H,26,29). The molecule has 6 nitrogen and oxygen atoms in total. The van der Waals surface area contributed by atoms with Crippen LogP contribution in [0.2, 0.25) is 0 Å². The second kappa shape index (κ2) is 10.1.